The number of hydrogen-bond acceptors (Lipinski definition) is 3. The van der Waals surface area contributed by atoms with Crippen molar-refractivity contribution >= 4 is 6.08 Å². The molecule has 80 valence electrons. The summed E-state index contributed by atoms with van der Waals surface area (Å²) in [5.74, 6) is 0.879. The average Bonchev–Trinajstić information content (AvgIpc) is 2.18. The van der Waals surface area contributed by atoms with Crippen LogP contribution in [0.5, 0.6) is 5.75 Å². The summed E-state index contributed by atoms with van der Waals surface area (Å²) in [5.41, 5.74) is 2.05. The van der Waals surface area contributed by atoms with Gasteiger partial charge >= 0.3 is 0 Å². The molecular weight excluding hydrogens is 190 g/mol. The molecule has 0 aliphatic carbocycles. The lowest BCUT2D eigenvalue weighted by Gasteiger charge is -2.12. The van der Waals surface area contributed by atoms with E-state index in [4.69, 9.17) is 4.74 Å². The number of isocyanates is 1. The van der Waals surface area contributed by atoms with Gasteiger partial charge in [-0.3, -0.25) is 0 Å². The topological polar surface area (TPSA) is 38.7 Å². The Morgan fingerprint density at radius 1 is 1.47 bits per heavy atom. The molecule has 0 amide bonds. The Bertz CT molecular complexity index is 379. The molecule has 0 saturated heterocycles. The second-order valence-electron chi connectivity index (χ2n) is 3.67. The van der Waals surface area contributed by atoms with Crippen molar-refractivity contribution in [1.82, 2.24) is 0 Å². The quantitative estimate of drug-likeness (QED) is 0.559. The fraction of sp³-hybridized carbons (Fsp3) is 0.417. The molecule has 0 fully saturated rings. The molecule has 0 saturated carbocycles. The SMILES string of the molecule is Cc1cc(CN=C=O)ccc1OC(C)C. The Balaban J connectivity index is 2.82. The van der Waals surface area contributed by atoms with Crippen molar-refractivity contribution in [1.29, 1.82) is 0 Å². The van der Waals surface area contributed by atoms with Gasteiger partial charge in [0, 0.05) is 0 Å². The van der Waals surface area contributed by atoms with Crippen LogP contribution in [0.1, 0.15) is 25.0 Å². The molecule has 3 nitrogen and oxygen atoms in total. The molecule has 1 aromatic carbocycles. The first-order valence-electron chi connectivity index (χ1n) is 4.93. The van der Waals surface area contributed by atoms with Crippen LogP contribution in [0, 0.1) is 6.92 Å². The molecule has 1 rings (SSSR count). The Morgan fingerprint density at radius 3 is 2.73 bits per heavy atom. The van der Waals surface area contributed by atoms with Crippen molar-refractivity contribution in [3.63, 3.8) is 0 Å². The Morgan fingerprint density at radius 2 is 2.20 bits per heavy atom. The first kappa shape index (κ1) is 11.5. The molecule has 0 aromatic heterocycles. The van der Waals surface area contributed by atoms with Crippen LogP contribution < -0.4 is 4.74 Å². The summed E-state index contributed by atoms with van der Waals surface area (Å²) in [7, 11) is 0. The van der Waals surface area contributed by atoms with E-state index in [0.717, 1.165) is 16.9 Å². The third-order valence-electron chi connectivity index (χ3n) is 1.93. The zero-order valence-electron chi connectivity index (χ0n) is 9.28. The van der Waals surface area contributed by atoms with E-state index in [-0.39, 0.29) is 6.10 Å². The number of benzene rings is 1. The van der Waals surface area contributed by atoms with Crippen LogP contribution in [0.3, 0.4) is 0 Å². The summed E-state index contributed by atoms with van der Waals surface area (Å²) in [5, 5.41) is 0. The zero-order valence-corrected chi connectivity index (χ0v) is 9.28. The predicted octanol–water partition coefficient (Wildman–Crippen LogP) is 2.62. The second-order valence-corrected chi connectivity index (χ2v) is 3.67. The van der Waals surface area contributed by atoms with Crippen LogP contribution >= 0.6 is 0 Å². The molecule has 0 bridgehead atoms. The van der Waals surface area contributed by atoms with Crippen molar-refractivity contribution in [2.24, 2.45) is 4.99 Å². The van der Waals surface area contributed by atoms with Gasteiger partial charge in [-0.15, -0.1) is 0 Å². The fourth-order valence-corrected chi connectivity index (χ4v) is 1.32. The molecule has 0 aliphatic rings. The second kappa shape index (κ2) is 5.32. The molecule has 0 aliphatic heterocycles. The normalized spacial score (nSPS) is 9.87. The zero-order chi connectivity index (χ0) is 11.3. The maximum absolute atomic E-state index is 9.96. The van der Waals surface area contributed by atoms with E-state index in [9.17, 15) is 4.79 Å². The molecule has 0 heterocycles. The lowest BCUT2D eigenvalue weighted by molar-refractivity contribution is 0.240. The minimum Gasteiger partial charge on any atom is -0.491 e. The molecule has 0 N–H and O–H groups in total. The number of carbonyl (C=O) groups excluding carboxylic acids is 1. The van der Waals surface area contributed by atoms with Crippen molar-refractivity contribution in [3.05, 3.63) is 29.3 Å². The number of ether oxygens (including phenoxy) is 1. The van der Waals surface area contributed by atoms with Gasteiger partial charge in [-0.2, -0.15) is 0 Å². The van der Waals surface area contributed by atoms with E-state index < -0.39 is 0 Å². The predicted molar refractivity (Wildman–Crippen MR) is 58.8 cm³/mol. The largest absolute Gasteiger partial charge is 0.491 e. The minimum absolute atomic E-state index is 0.169. The maximum Gasteiger partial charge on any atom is 0.235 e. The molecule has 0 spiro atoms. The Labute approximate surface area is 89.8 Å². The summed E-state index contributed by atoms with van der Waals surface area (Å²) in [6.07, 6.45) is 1.70. The third kappa shape index (κ3) is 3.56. The van der Waals surface area contributed by atoms with Gasteiger partial charge in [0.1, 0.15) is 5.75 Å². The maximum atomic E-state index is 9.96. The van der Waals surface area contributed by atoms with Crippen molar-refractivity contribution in [3.8, 4) is 5.75 Å². The molecule has 0 atom stereocenters. The van der Waals surface area contributed by atoms with Crippen LogP contribution in [-0.4, -0.2) is 12.2 Å². The van der Waals surface area contributed by atoms with Crippen molar-refractivity contribution < 1.29 is 9.53 Å². The standard InChI is InChI=1S/C12H15NO2/c1-9(2)15-12-5-4-11(6-10(12)3)7-13-8-14/h4-6,9H,7H2,1-3H3. The lowest BCUT2D eigenvalue weighted by atomic mass is 10.1. The van der Waals surface area contributed by atoms with E-state index in [1.165, 1.54) is 6.08 Å². The first-order chi connectivity index (χ1) is 7.13. The molecular formula is C12H15NO2. The van der Waals surface area contributed by atoms with Gasteiger partial charge < -0.3 is 4.74 Å². The Kier molecular flexibility index (Phi) is 4.07. The van der Waals surface area contributed by atoms with Crippen molar-refractivity contribution in [2.45, 2.75) is 33.4 Å². The fourth-order valence-electron chi connectivity index (χ4n) is 1.32. The number of rotatable bonds is 4. The molecule has 15 heavy (non-hydrogen) atoms. The molecule has 0 radical (unpaired) electrons. The molecule has 3 heteroatoms. The van der Waals surface area contributed by atoms with Gasteiger partial charge in [-0.05, 0) is 38.0 Å². The number of hydrogen-bond donors (Lipinski definition) is 0. The van der Waals surface area contributed by atoms with Gasteiger partial charge in [0.05, 0.1) is 12.6 Å². The monoisotopic (exact) mass is 205 g/mol. The van der Waals surface area contributed by atoms with E-state index in [0.29, 0.717) is 6.54 Å². The summed E-state index contributed by atoms with van der Waals surface area (Å²) in [6.45, 7) is 6.34. The first-order valence-corrected chi connectivity index (χ1v) is 4.93. The van der Waals surface area contributed by atoms with Crippen LogP contribution in [0.15, 0.2) is 23.2 Å². The number of aryl methyl sites for hydroxylation is 1. The summed E-state index contributed by atoms with van der Waals surface area (Å²) in [4.78, 5) is 13.5. The minimum atomic E-state index is 0.169. The van der Waals surface area contributed by atoms with Crippen LogP contribution in [0.2, 0.25) is 0 Å². The van der Waals surface area contributed by atoms with Crippen LogP contribution in [0.4, 0.5) is 0 Å². The van der Waals surface area contributed by atoms with Crippen LogP contribution in [-0.2, 0) is 11.3 Å². The van der Waals surface area contributed by atoms with Gasteiger partial charge in [-0.25, -0.2) is 9.79 Å². The highest BCUT2D eigenvalue weighted by Gasteiger charge is 2.02. The van der Waals surface area contributed by atoms with E-state index in [1.807, 2.05) is 39.0 Å². The number of aliphatic imine (C=N–C) groups is 1. The van der Waals surface area contributed by atoms with Crippen molar-refractivity contribution in [2.75, 3.05) is 0 Å². The lowest BCUT2D eigenvalue weighted by Crippen LogP contribution is -2.06. The molecule has 0 unspecified atom stereocenters. The smallest absolute Gasteiger partial charge is 0.235 e. The van der Waals surface area contributed by atoms with Gasteiger partial charge in [0.25, 0.3) is 0 Å². The summed E-state index contributed by atoms with van der Waals surface area (Å²) in [6, 6.07) is 5.79. The number of nitrogens with zero attached hydrogens (tertiary/aromatic N) is 1. The summed E-state index contributed by atoms with van der Waals surface area (Å²) < 4.78 is 5.60. The third-order valence-corrected chi connectivity index (χ3v) is 1.93. The average molecular weight is 205 g/mol. The highest BCUT2D eigenvalue weighted by molar-refractivity contribution is 5.38. The van der Waals surface area contributed by atoms with E-state index in [1.54, 1.807) is 0 Å². The highest BCUT2D eigenvalue weighted by atomic mass is 16.5. The molecule has 1 aromatic rings. The van der Waals surface area contributed by atoms with Gasteiger partial charge in [-0.1, -0.05) is 12.1 Å². The highest BCUT2D eigenvalue weighted by Crippen LogP contribution is 2.20. The van der Waals surface area contributed by atoms with Gasteiger partial charge in [0.15, 0.2) is 0 Å². The van der Waals surface area contributed by atoms with E-state index >= 15 is 0 Å². The van der Waals surface area contributed by atoms with E-state index in [2.05, 4.69) is 4.99 Å². The van der Waals surface area contributed by atoms with Crippen LogP contribution in [0.25, 0.3) is 0 Å². The van der Waals surface area contributed by atoms with Gasteiger partial charge in [0.2, 0.25) is 6.08 Å². The Hall–Kier alpha value is -1.60. The summed E-state index contributed by atoms with van der Waals surface area (Å²) >= 11 is 0.